The Morgan fingerprint density at radius 2 is 1.60 bits per heavy atom. The molecule has 0 saturated carbocycles. The Balaban J connectivity index is 2.76. The molecule has 0 atom stereocenters. The Labute approximate surface area is 107 Å². The summed E-state index contributed by atoms with van der Waals surface area (Å²) in [5.41, 5.74) is 1.87. The second-order valence-corrected chi connectivity index (χ2v) is 4.66. The van der Waals surface area contributed by atoms with Gasteiger partial charge < -0.3 is 4.90 Å². The van der Waals surface area contributed by atoms with Crippen LogP contribution in [0.25, 0.3) is 0 Å². The van der Waals surface area contributed by atoms with Gasteiger partial charge in [0.2, 0.25) is 0 Å². The standard InChI is InChI=1S/C11H13Br2NO/c12-5-7-14(8-6-13)11-3-1-10(9-15)2-4-11/h1-4,9H,5-8H2. The first-order chi connectivity index (χ1) is 7.31. The molecule has 0 aliphatic heterocycles. The van der Waals surface area contributed by atoms with Gasteiger partial charge in [0.05, 0.1) is 0 Å². The number of nitrogens with zero attached hydrogens (tertiary/aromatic N) is 1. The minimum absolute atomic E-state index is 0.719. The van der Waals surface area contributed by atoms with E-state index >= 15 is 0 Å². The predicted molar refractivity (Wildman–Crippen MR) is 71.6 cm³/mol. The highest BCUT2D eigenvalue weighted by Gasteiger charge is 2.04. The lowest BCUT2D eigenvalue weighted by Gasteiger charge is -2.22. The molecule has 82 valence electrons. The van der Waals surface area contributed by atoms with Gasteiger partial charge in [0.1, 0.15) is 6.29 Å². The first kappa shape index (κ1) is 12.7. The molecule has 0 fully saturated rings. The highest BCUT2D eigenvalue weighted by molar-refractivity contribution is 9.09. The Bertz CT molecular complexity index is 294. The summed E-state index contributed by atoms with van der Waals surface area (Å²) in [4.78, 5) is 12.8. The number of carbonyl (C=O) groups is 1. The van der Waals surface area contributed by atoms with E-state index in [1.165, 1.54) is 0 Å². The Morgan fingerprint density at radius 3 is 2.00 bits per heavy atom. The smallest absolute Gasteiger partial charge is 0.150 e. The van der Waals surface area contributed by atoms with Gasteiger partial charge >= 0.3 is 0 Å². The van der Waals surface area contributed by atoms with E-state index in [-0.39, 0.29) is 0 Å². The highest BCUT2D eigenvalue weighted by atomic mass is 79.9. The number of anilines is 1. The number of hydrogen-bond donors (Lipinski definition) is 0. The van der Waals surface area contributed by atoms with Crippen LogP contribution in [0.5, 0.6) is 0 Å². The largest absolute Gasteiger partial charge is 0.370 e. The number of halogens is 2. The average Bonchev–Trinajstić information content (AvgIpc) is 2.29. The van der Waals surface area contributed by atoms with Crippen molar-refractivity contribution in [2.24, 2.45) is 0 Å². The van der Waals surface area contributed by atoms with Crippen LogP contribution >= 0.6 is 31.9 Å². The van der Waals surface area contributed by atoms with E-state index in [9.17, 15) is 4.79 Å². The fraction of sp³-hybridized carbons (Fsp3) is 0.364. The van der Waals surface area contributed by atoms with Crippen molar-refractivity contribution in [2.75, 3.05) is 28.6 Å². The van der Waals surface area contributed by atoms with Crippen molar-refractivity contribution < 1.29 is 4.79 Å². The summed E-state index contributed by atoms with van der Waals surface area (Å²) in [6, 6.07) is 7.65. The number of carbonyl (C=O) groups excluding carboxylic acids is 1. The summed E-state index contributed by atoms with van der Waals surface area (Å²) < 4.78 is 0. The van der Waals surface area contributed by atoms with Crippen molar-refractivity contribution in [3.05, 3.63) is 29.8 Å². The molecule has 0 bridgehead atoms. The molecule has 1 aromatic carbocycles. The first-order valence-electron chi connectivity index (χ1n) is 4.74. The van der Waals surface area contributed by atoms with E-state index in [0.29, 0.717) is 0 Å². The van der Waals surface area contributed by atoms with E-state index in [2.05, 4.69) is 36.8 Å². The molecule has 1 aromatic rings. The van der Waals surface area contributed by atoms with Gasteiger partial charge in [-0.25, -0.2) is 0 Å². The van der Waals surface area contributed by atoms with Gasteiger partial charge in [0, 0.05) is 35.0 Å². The lowest BCUT2D eigenvalue weighted by molar-refractivity contribution is 0.112. The quantitative estimate of drug-likeness (QED) is 0.588. The Morgan fingerprint density at radius 1 is 1.07 bits per heavy atom. The van der Waals surface area contributed by atoms with Crippen LogP contribution in [0.3, 0.4) is 0 Å². The monoisotopic (exact) mass is 333 g/mol. The summed E-state index contributed by atoms with van der Waals surface area (Å²) in [5, 5.41) is 1.88. The third kappa shape index (κ3) is 3.95. The molecule has 15 heavy (non-hydrogen) atoms. The lowest BCUT2D eigenvalue weighted by atomic mass is 10.2. The van der Waals surface area contributed by atoms with Gasteiger partial charge in [-0.15, -0.1) is 0 Å². The molecule has 0 aromatic heterocycles. The molecule has 0 N–H and O–H groups in total. The molecule has 0 unspecified atom stereocenters. The van der Waals surface area contributed by atoms with Crippen LogP contribution in [0.1, 0.15) is 10.4 Å². The fourth-order valence-corrected chi connectivity index (χ4v) is 2.19. The Kier molecular flexibility index (Phi) is 5.95. The van der Waals surface area contributed by atoms with Crippen molar-refractivity contribution in [3.63, 3.8) is 0 Å². The SMILES string of the molecule is O=Cc1ccc(N(CCBr)CCBr)cc1. The van der Waals surface area contributed by atoms with Crippen LogP contribution in [0, 0.1) is 0 Å². The van der Waals surface area contributed by atoms with Crippen LogP contribution in [0.15, 0.2) is 24.3 Å². The van der Waals surface area contributed by atoms with Crippen LogP contribution < -0.4 is 4.90 Å². The van der Waals surface area contributed by atoms with Gasteiger partial charge in [-0.3, -0.25) is 4.79 Å². The van der Waals surface area contributed by atoms with Crippen LogP contribution in [0.4, 0.5) is 5.69 Å². The minimum Gasteiger partial charge on any atom is -0.370 e. The third-order valence-corrected chi connectivity index (χ3v) is 2.81. The van der Waals surface area contributed by atoms with Crippen molar-refractivity contribution in [1.29, 1.82) is 0 Å². The molecule has 0 saturated heterocycles. The van der Waals surface area contributed by atoms with Gasteiger partial charge in [0.15, 0.2) is 0 Å². The maximum atomic E-state index is 10.5. The second-order valence-electron chi connectivity index (χ2n) is 3.07. The molecule has 0 aliphatic carbocycles. The van der Waals surface area contributed by atoms with Gasteiger partial charge in [-0.05, 0) is 24.3 Å². The van der Waals surface area contributed by atoms with Gasteiger partial charge in [-0.1, -0.05) is 31.9 Å². The number of hydrogen-bond acceptors (Lipinski definition) is 2. The molecule has 1 rings (SSSR count). The van der Waals surface area contributed by atoms with E-state index < -0.39 is 0 Å². The summed E-state index contributed by atoms with van der Waals surface area (Å²) in [6.07, 6.45) is 0.864. The maximum absolute atomic E-state index is 10.5. The fourth-order valence-electron chi connectivity index (χ4n) is 1.34. The zero-order valence-electron chi connectivity index (χ0n) is 8.33. The molecule has 0 radical (unpaired) electrons. The molecule has 0 aliphatic rings. The molecule has 0 spiro atoms. The maximum Gasteiger partial charge on any atom is 0.150 e. The highest BCUT2D eigenvalue weighted by Crippen LogP contribution is 2.15. The van der Waals surface area contributed by atoms with E-state index in [0.717, 1.165) is 41.3 Å². The topological polar surface area (TPSA) is 20.3 Å². The summed E-state index contributed by atoms with van der Waals surface area (Å²) in [7, 11) is 0. The Hall–Kier alpha value is -0.350. The van der Waals surface area contributed by atoms with Crippen LogP contribution in [0.2, 0.25) is 0 Å². The summed E-state index contributed by atoms with van der Waals surface area (Å²) in [5.74, 6) is 0. The second kappa shape index (κ2) is 7.01. The minimum atomic E-state index is 0.719. The van der Waals surface area contributed by atoms with Crippen molar-refractivity contribution in [3.8, 4) is 0 Å². The van der Waals surface area contributed by atoms with Crippen molar-refractivity contribution in [2.45, 2.75) is 0 Å². The normalized spacial score (nSPS) is 10.0. The number of benzene rings is 1. The number of rotatable bonds is 6. The first-order valence-corrected chi connectivity index (χ1v) is 6.98. The molecule has 2 nitrogen and oxygen atoms in total. The average molecular weight is 335 g/mol. The van der Waals surface area contributed by atoms with E-state index in [4.69, 9.17) is 0 Å². The van der Waals surface area contributed by atoms with Crippen molar-refractivity contribution >= 4 is 43.8 Å². The number of alkyl halides is 2. The third-order valence-electron chi connectivity index (χ3n) is 2.10. The van der Waals surface area contributed by atoms with Crippen LogP contribution in [-0.2, 0) is 0 Å². The molecule has 0 heterocycles. The molecular weight excluding hydrogens is 322 g/mol. The predicted octanol–water partition coefficient (Wildman–Crippen LogP) is 3.10. The lowest BCUT2D eigenvalue weighted by Crippen LogP contribution is -2.27. The van der Waals surface area contributed by atoms with Gasteiger partial charge in [-0.2, -0.15) is 0 Å². The van der Waals surface area contributed by atoms with E-state index in [1.807, 2.05) is 24.3 Å². The summed E-state index contributed by atoms with van der Waals surface area (Å²) in [6.45, 7) is 1.93. The zero-order chi connectivity index (χ0) is 11.1. The zero-order valence-corrected chi connectivity index (χ0v) is 11.5. The van der Waals surface area contributed by atoms with Gasteiger partial charge in [0.25, 0.3) is 0 Å². The summed E-state index contributed by atoms with van der Waals surface area (Å²) >= 11 is 6.86. The van der Waals surface area contributed by atoms with Crippen LogP contribution in [-0.4, -0.2) is 30.0 Å². The number of aldehydes is 1. The molecular formula is C11H13Br2NO. The molecule has 4 heteroatoms. The van der Waals surface area contributed by atoms with Crippen molar-refractivity contribution in [1.82, 2.24) is 0 Å². The van der Waals surface area contributed by atoms with E-state index in [1.54, 1.807) is 0 Å². The molecule has 0 amide bonds.